The van der Waals surface area contributed by atoms with E-state index in [1.807, 2.05) is 20.8 Å². The zero-order chi connectivity index (χ0) is 23.3. The van der Waals surface area contributed by atoms with Crippen LogP contribution in [0.2, 0.25) is 0 Å². The third-order valence-electron chi connectivity index (χ3n) is 6.46. The molecule has 0 aromatic carbocycles. The van der Waals surface area contributed by atoms with Crippen LogP contribution in [0.3, 0.4) is 0 Å². The van der Waals surface area contributed by atoms with Crippen LogP contribution in [-0.2, 0) is 14.2 Å². The Morgan fingerprint density at radius 3 is 1.13 bits per heavy atom. The van der Waals surface area contributed by atoms with Crippen LogP contribution in [0.1, 0.15) is 137 Å². The average molecular weight is 441 g/mol. The summed E-state index contributed by atoms with van der Waals surface area (Å²) in [4.78, 5) is 0. The van der Waals surface area contributed by atoms with Crippen molar-refractivity contribution in [2.24, 2.45) is 5.41 Å². The van der Waals surface area contributed by atoms with E-state index in [2.05, 4.69) is 26.5 Å². The highest BCUT2D eigenvalue weighted by molar-refractivity contribution is 5.02. The normalized spacial score (nSPS) is 14.0. The summed E-state index contributed by atoms with van der Waals surface area (Å²) in [5.41, 5.74) is -0.304. The predicted molar refractivity (Wildman–Crippen MR) is 135 cm³/mol. The maximum atomic E-state index is 6.27. The largest absolute Gasteiger partial charge is 0.327 e. The van der Waals surface area contributed by atoms with E-state index >= 15 is 0 Å². The zero-order valence-corrected chi connectivity index (χ0v) is 21.9. The third kappa shape index (κ3) is 11.9. The highest BCUT2D eigenvalue weighted by Gasteiger charge is 2.52. The Morgan fingerprint density at radius 2 is 0.839 bits per heavy atom. The van der Waals surface area contributed by atoms with Crippen LogP contribution in [0.15, 0.2) is 12.7 Å². The molecule has 0 N–H and O–H groups in total. The Balaban J connectivity index is 5.14. The highest BCUT2D eigenvalue weighted by Crippen LogP contribution is 2.47. The standard InChI is InChI=1S/C28H56O3/c1-7-13-15-17-19-20-22-24-26-27(9-3,25-23-21-18-16-14-8-2)28(29-10-4,30-11-5)31-12-6/h9H,3,7-8,10-26H2,1-2,4-6H3. The second kappa shape index (κ2) is 20.2. The maximum Gasteiger partial charge on any atom is 0.292 e. The van der Waals surface area contributed by atoms with Crippen molar-refractivity contribution in [2.45, 2.75) is 143 Å². The van der Waals surface area contributed by atoms with Crippen LogP contribution in [-0.4, -0.2) is 25.8 Å². The molecular formula is C28H56O3. The van der Waals surface area contributed by atoms with Gasteiger partial charge in [0.2, 0.25) is 0 Å². The van der Waals surface area contributed by atoms with E-state index in [1.165, 1.54) is 89.9 Å². The smallest absolute Gasteiger partial charge is 0.292 e. The molecule has 0 aliphatic carbocycles. The lowest BCUT2D eigenvalue weighted by molar-refractivity contribution is -0.421. The molecule has 0 spiro atoms. The van der Waals surface area contributed by atoms with Crippen molar-refractivity contribution >= 4 is 0 Å². The van der Waals surface area contributed by atoms with Gasteiger partial charge in [-0.25, -0.2) is 0 Å². The van der Waals surface area contributed by atoms with Crippen molar-refractivity contribution in [1.82, 2.24) is 0 Å². The first kappa shape index (κ1) is 30.6. The number of unbranched alkanes of at least 4 members (excludes halogenated alkanes) is 12. The molecule has 0 fully saturated rings. The second-order valence-corrected chi connectivity index (χ2v) is 8.96. The van der Waals surface area contributed by atoms with Gasteiger partial charge >= 0.3 is 0 Å². The molecule has 0 aliphatic heterocycles. The van der Waals surface area contributed by atoms with Crippen molar-refractivity contribution in [2.75, 3.05) is 19.8 Å². The quantitative estimate of drug-likeness (QED) is 0.0850. The van der Waals surface area contributed by atoms with Crippen LogP contribution in [0, 0.1) is 5.41 Å². The van der Waals surface area contributed by atoms with Crippen LogP contribution in [0.5, 0.6) is 0 Å². The van der Waals surface area contributed by atoms with Crippen molar-refractivity contribution in [1.29, 1.82) is 0 Å². The Kier molecular flexibility index (Phi) is 20.0. The van der Waals surface area contributed by atoms with Crippen molar-refractivity contribution < 1.29 is 14.2 Å². The fourth-order valence-corrected chi connectivity index (χ4v) is 4.68. The van der Waals surface area contributed by atoms with Crippen LogP contribution in [0.4, 0.5) is 0 Å². The van der Waals surface area contributed by atoms with E-state index in [9.17, 15) is 0 Å². The van der Waals surface area contributed by atoms with Gasteiger partial charge in [-0.05, 0) is 33.6 Å². The second-order valence-electron chi connectivity index (χ2n) is 8.96. The molecule has 1 atom stereocenters. The first-order valence-electron chi connectivity index (χ1n) is 13.7. The Hall–Kier alpha value is -0.380. The number of ether oxygens (including phenoxy) is 3. The molecule has 186 valence electrons. The average Bonchev–Trinajstić information content (AvgIpc) is 2.77. The number of rotatable bonds is 24. The van der Waals surface area contributed by atoms with Crippen molar-refractivity contribution in [3.05, 3.63) is 12.7 Å². The summed E-state index contributed by atoms with van der Waals surface area (Å²) in [6, 6.07) is 0. The van der Waals surface area contributed by atoms with E-state index in [0.29, 0.717) is 19.8 Å². The first-order chi connectivity index (χ1) is 15.1. The summed E-state index contributed by atoms with van der Waals surface area (Å²) in [7, 11) is 0. The van der Waals surface area contributed by atoms with Crippen molar-refractivity contribution in [3.8, 4) is 0 Å². The highest BCUT2D eigenvalue weighted by atomic mass is 16.9. The lowest BCUT2D eigenvalue weighted by Gasteiger charge is -2.47. The monoisotopic (exact) mass is 440 g/mol. The minimum Gasteiger partial charge on any atom is -0.327 e. The lowest BCUT2D eigenvalue weighted by Crippen LogP contribution is -2.54. The Morgan fingerprint density at radius 1 is 0.516 bits per heavy atom. The van der Waals surface area contributed by atoms with Gasteiger partial charge in [-0.2, -0.15) is 0 Å². The van der Waals surface area contributed by atoms with Gasteiger partial charge in [-0.3, -0.25) is 0 Å². The molecule has 0 saturated carbocycles. The number of hydrogen-bond acceptors (Lipinski definition) is 3. The molecule has 3 nitrogen and oxygen atoms in total. The van der Waals surface area contributed by atoms with Gasteiger partial charge in [-0.1, -0.05) is 110 Å². The lowest BCUT2D eigenvalue weighted by atomic mass is 9.75. The van der Waals surface area contributed by atoms with Gasteiger partial charge in [0, 0.05) is 19.8 Å². The topological polar surface area (TPSA) is 27.7 Å². The van der Waals surface area contributed by atoms with E-state index in [4.69, 9.17) is 14.2 Å². The summed E-state index contributed by atoms with van der Waals surface area (Å²) in [5, 5.41) is 0. The summed E-state index contributed by atoms with van der Waals surface area (Å²) in [5.74, 6) is -1.02. The first-order valence-corrected chi connectivity index (χ1v) is 13.7. The van der Waals surface area contributed by atoms with Crippen molar-refractivity contribution in [3.63, 3.8) is 0 Å². The summed E-state index contributed by atoms with van der Waals surface area (Å²) in [6.07, 6.45) is 22.4. The summed E-state index contributed by atoms with van der Waals surface area (Å²) < 4.78 is 18.8. The molecule has 0 aromatic rings. The van der Waals surface area contributed by atoms with Gasteiger partial charge in [-0.15, -0.1) is 6.58 Å². The molecule has 1 unspecified atom stereocenters. The SMILES string of the molecule is C=CC(CCCCCCCC)(CCCCCCCCCC)C(OCC)(OCC)OCC. The molecule has 0 radical (unpaired) electrons. The predicted octanol–water partition coefficient (Wildman–Crippen LogP) is 9.20. The molecule has 3 heteroatoms. The Bertz CT molecular complexity index is 379. The maximum absolute atomic E-state index is 6.27. The van der Waals surface area contributed by atoms with Gasteiger partial charge in [0.05, 0.1) is 5.41 Å². The minimum atomic E-state index is -1.02. The fourth-order valence-electron chi connectivity index (χ4n) is 4.68. The third-order valence-corrected chi connectivity index (χ3v) is 6.46. The van der Waals surface area contributed by atoms with Crippen LogP contribution < -0.4 is 0 Å². The molecule has 0 bridgehead atoms. The minimum absolute atomic E-state index is 0.304. The molecule has 0 heterocycles. The summed E-state index contributed by atoms with van der Waals surface area (Å²) in [6.45, 7) is 16.6. The molecule has 0 amide bonds. The van der Waals surface area contributed by atoms with Crippen LogP contribution in [0.25, 0.3) is 0 Å². The molecule has 0 rings (SSSR count). The van der Waals surface area contributed by atoms with E-state index in [0.717, 1.165) is 12.8 Å². The Labute approximate surface area is 195 Å². The van der Waals surface area contributed by atoms with E-state index < -0.39 is 5.97 Å². The van der Waals surface area contributed by atoms with Gasteiger partial charge < -0.3 is 14.2 Å². The zero-order valence-electron chi connectivity index (χ0n) is 21.9. The summed E-state index contributed by atoms with van der Waals surface area (Å²) >= 11 is 0. The van der Waals surface area contributed by atoms with Crippen LogP contribution >= 0.6 is 0 Å². The molecular weight excluding hydrogens is 384 g/mol. The molecule has 0 aliphatic rings. The molecule has 0 aromatic heterocycles. The number of hydrogen-bond donors (Lipinski definition) is 0. The van der Waals surface area contributed by atoms with E-state index in [1.54, 1.807) is 0 Å². The van der Waals surface area contributed by atoms with E-state index in [-0.39, 0.29) is 5.41 Å². The van der Waals surface area contributed by atoms with Gasteiger partial charge in [0.15, 0.2) is 0 Å². The van der Waals surface area contributed by atoms with Gasteiger partial charge in [0.1, 0.15) is 0 Å². The molecule has 31 heavy (non-hydrogen) atoms. The molecule has 0 saturated heterocycles. The van der Waals surface area contributed by atoms with Gasteiger partial charge in [0.25, 0.3) is 5.97 Å². The fraction of sp³-hybridized carbons (Fsp3) is 0.929.